The van der Waals surface area contributed by atoms with Gasteiger partial charge in [-0.2, -0.15) is 0 Å². The van der Waals surface area contributed by atoms with Crippen LogP contribution in [0.3, 0.4) is 0 Å². The Kier molecular flexibility index (Phi) is 4.04. The van der Waals surface area contributed by atoms with E-state index in [2.05, 4.69) is 9.72 Å². The van der Waals surface area contributed by atoms with Crippen molar-refractivity contribution in [1.82, 2.24) is 4.98 Å². The monoisotopic (exact) mass is 337 g/mol. The van der Waals surface area contributed by atoms with Gasteiger partial charge in [0.2, 0.25) is 0 Å². The first-order valence-corrected chi connectivity index (χ1v) is 7.33. The van der Waals surface area contributed by atoms with Gasteiger partial charge in [-0.1, -0.05) is 0 Å². The standard InChI is InChI=1S/C17H14F3NO3/c1-24-16(22)13-4-3-10(18)15(21-13)14-11(19)7-9(8-12(14)20)17(23)5-2-6-17/h3-4,7-8,23H,2,5-6H2,1H3. The molecule has 0 amide bonds. The molecule has 1 fully saturated rings. The van der Waals surface area contributed by atoms with Crippen LogP contribution in [0.5, 0.6) is 0 Å². The number of aromatic nitrogens is 1. The Hall–Kier alpha value is -2.41. The largest absolute Gasteiger partial charge is 0.464 e. The number of methoxy groups -OCH3 is 1. The molecular formula is C17H14F3NO3. The number of nitrogens with zero attached hydrogens (tertiary/aromatic N) is 1. The number of esters is 1. The van der Waals surface area contributed by atoms with Crippen molar-refractivity contribution in [3.63, 3.8) is 0 Å². The molecule has 4 nitrogen and oxygen atoms in total. The zero-order valence-electron chi connectivity index (χ0n) is 12.8. The van der Waals surface area contributed by atoms with Crippen LogP contribution in [0.2, 0.25) is 0 Å². The molecule has 7 heteroatoms. The van der Waals surface area contributed by atoms with Gasteiger partial charge in [0.15, 0.2) is 0 Å². The molecule has 0 saturated heterocycles. The fourth-order valence-corrected chi connectivity index (χ4v) is 2.70. The predicted molar refractivity (Wildman–Crippen MR) is 78.6 cm³/mol. The summed E-state index contributed by atoms with van der Waals surface area (Å²) in [5.74, 6) is -3.94. The summed E-state index contributed by atoms with van der Waals surface area (Å²) in [5, 5.41) is 10.2. The number of aliphatic hydroxyl groups is 1. The van der Waals surface area contributed by atoms with Gasteiger partial charge in [0.05, 0.1) is 18.3 Å². The fourth-order valence-electron chi connectivity index (χ4n) is 2.70. The lowest BCUT2D eigenvalue weighted by molar-refractivity contribution is -0.0392. The zero-order valence-corrected chi connectivity index (χ0v) is 12.8. The molecule has 0 unspecified atom stereocenters. The van der Waals surface area contributed by atoms with Crippen molar-refractivity contribution in [2.75, 3.05) is 7.11 Å². The molecular weight excluding hydrogens is 323 g/mol. The Morgan fingerprint density at radius 2 is 1.79 bits per heavy atom. The number of hydrogen-bond acceptors (Lipinski definition) is 4. The zero-order chi connectivity index (χ0) is 17.5. The first-order chi connectivity index (χ1) is 11.4. The lowest BCUT2D eigenvalue weighted by Crippen LogP contribution is -2.33. The molecule has 1 aromatic carbocycles. The van der Waals surface area contributed by atoms with Crippen LogP contribution in [0.15, 0.2) is 24.3 Å². The molecule has 1 saturated carbocycles. The van der Waals surface area contributed by atoms with Crippen molar-refractivity contribution in [1.29, 1.82) is 0 Å². The maximum atomic E-state index is 14.4. The SMILES string of the molecule is COC(=O)c1ccc(F)c(-c2c(F)cc(C3(O)CCC3)cc2F)n1. The first-order valence-electron chi connectivity index (χ1n) is 7.33. The van der Waals surface area contributed by atoms with Gasteiger partial charge < -0.3 is 9.84 Å². The molecule has 0 radical (unpaired) electrons. The lowest BCUT2D eigenvalue weighted by atomic mass is 9.75. The van der Waals surface area contributed by atoms with E-state index in [0.29, 0.717) is 12.8 Å². The number of rotatable bonds is 3. The minimum absolute atomic E-state index is 0.108. The van der Waals surface area contributed by atoms with E-state index < -0.39 is 40.3 Å². The summed E-state index contributed by atoms with van der Waals surface area (Å²) < 4.78 is 47.3. The Morgan fingerprint density at radius 1 is 1.17 bits per heavy atom. The quantitative estimate of drug-likeness (QED) is 0.873. The summed E-state index contributed by atoms with van der Waals surface area (Å²) in [4.78, 5) is 15.2. The second-order valence-corrected chi connectivity index (χ2v) is 5.72. The van der Waals surface area contributed by atoms with Gasteiger partial charge in [0, 0.05) is 0 Å². The second kappa shape index (κ2) is 5.90. The van der Waals surface area contributed by atoms with E-state index in [-0.39, 0.29) is 11.3 Å². The van der Waals surface area contributed by atoms with Crippen LogP contribution in [0.4, 0.5) is 13.2 Å². The summed E-state index contributed by atoms with van der Waals surface area (Å²) in [5.41, 5.74) is -2.73. The van der Waals surface area contributed by atoms with Crippen LogP contribution in [-0.2, 0) is 10.3 Å². The van der Waals surface area contributed by atoms with E-state index >= 15 is 0 Å². The number of carbonyl (C=O) groups is 1. The van der Waals surface area contributed by atoms with Crippen molar-refractivity contribution in [2.24, 2.45) is 0 Å². The molecule has 0 aliphatic heterocycles. The smallest absolute Gasteiger partial charge is 0.356 e. The minimum atomic E-state index is -1.25. The van der Waals surface area contributed by atoms with Crippen molar-refractivity contribution < 1.29 is 27.8 Å². The minimum Gasteiger partial charge on any atom is -0.464 e. The third-order valence-electron chi connectivity index (χ3n) is 4.24. The second-order valence-electron chi connectivity index (χ2n) is 5.72. The van der Waals surface area contributed by atoms with Crippen LogP contribution in [0.25, 0.3) is 11.3 Å². The van der Waals surface area contributed by atoms with E-state index in [1.165, 1.54) is 0 Å². The summed E-state index contributed by atoms with van der Waals surface area (Å²) in [6.07, 6.45) is 1.59. The van der Waals surface area contributed by atoms with Gasteiger partial charge in [-0.15, -0.1) is 0 Å². The molecule has 0 bridgehead atoms. The van der Waals surface area contributed by atoms with E-state index in [1.54, 1.807) is 0 Å². The molecule has 2 aromatic rings. The number of benzene rings is 1. The molecule has 1 aliphatic carbocycles. The Morgan fingerprint density at radius 3 is 2.29 bits per heavy atom. The maximum absolute atomic E-state index is 14.4. The van der Waals surface area contributed by atoms with E-state index in [9.17, 15) is 23.1 Å². The molecule has 1 aliphatic rings. The average Bonchev–Trinajstić information content (AvgIpc) is 2.52. The van der Waals surface area contributed by atoms with Crippen LogP contribution in [0.1, 0.15) is 35.3 Å². The summed E-state index contributed by atoms with van der Waals surface area (Å²) in [7, 11) is 1.11. The van der Waals surface area contributed by atoms with Crippen molar-refractivity contribution in [2.45, 2.75) is 24.9 Å². The highest BCUT2D eigenvalue weighted by Gasteiger charge is 2.37. The number of pyridine rings is 1. The Balaban J connectivity index is 2.11. The lowest BCUT2D eigenvalue weighted by Gasteiger charge is -2.37. The van der Waals surface area contributed by atoms with Gasteiger partial charge in [0.25, 0.3) is 0 Å². The van der Waals surface area contributed by atoms with Crippen LogP contribution in [-0.4, -0.2) is 23.2 Å². The molecule has 126 valence electrons. The first kappa shape index (κ1) is 16.4. The van der Waals surface area contributed by atoms with Crippen LogP contribution < -0.4 is 0 Å². The third-order valence-corrected chi connectivity index (χ3v) is 4.24. The third kappa shape index (κ3) is 2.65. The molecule has 1 N–H and O–H groups in total. The number of halogens is 3. The topological polar surface area (TPSA) is 59.4 Å². The molecule has 3 rings (SSSR count). The number of carbonyl (C=O) groups excluding carboxylic acids is 1. The number of ether oxygens (including phenoxy) is 1. The summed E-state index contributed by atoms with van der Waals surface area (Å²) in [6, 6.07) is 3.90. The normalized spacial score (nSPS) is 15.7. The summed E-state index contributed by atoms with van der Waals surface area (Å²) in [6.45, 7) is 0. The Bertz CT molecular complexity index is 796. The van der Waals surface area contributed by atoms with Gasteiger partial charge in [-0.3, -0.25) is 0 Å². The van der Waals surface area contributed by atoms with Gasteiger partial charge in [-0.05, 0) is 49.1 Å². The molecule has 1 heterocycles. The van der Waals surface area contributed by atoms with E-state index in [1.807, 2.05) is 0 Å². The molecule has 0 spiro atoms. The van der Waals surface area contributed by atoms with Gasteiger partial charge in [-0.25, -0.2) is 22.9 Å². The molecule has 24 heavy (non-hydrogen) atoms. The predicted octanol–water partition coefficient (Wildman–Crippen LogP) is 3.32. The van der Waals surface area contributed by atoms with Crippen molar-refractivity contribution in [3.05, 3.63) is 53.0 Å². The van der Waals surface area contributed by atoms with Gasteiger partial charge >= 0.3 is 5.97 Å². The Labute approximate surface area is 135 Å². The van der Waals surface area contributed by atoms with Gasteiger partial charge in [0.1, 0.15) is 28.8 Å². The highest BCUT2D eigenvalue weighted by atomic mass is 19.1. The van der Waals surface area contributed by atoms with E-state index in [0.717, 1.165) is 37.8 Å². The molecule has 1 aromatic heterocycles. The van der Waals surface area contributed by atoms with Crippen molar-refractivity contribution in [3.8, 4) is 11.3 Å². The van der Waals surface area contributed by atoms with Crippen LogP contribution in [0, 0.1) is 17.5 Å². The number of hydrogen-bond donors (Lipinski definition) is 1. The fraction of sp³-hybridized carbons (Fsp3) is 0.294. The van der Waals surface area contributed by atoms with Crippen molar-refractivity contribution >= 4 is 5.97 Å². The van der Waals surface area contributed by atoms with E-state index in [4.69, 9.17) is 0 Å². The summed E-state index contributed by atoms with van der Waals surface area (Å²) >= 11 is 0. The molecule has 0 atom stereocenters. The maximum Gasteiger partial charge on any atom is 0.356 e. The van der Waals surface area contributed by atoms with Crippen LogP contribution >= 0.6 is 0 Å². The highest BCUT2D eigenvalue weighted by Crippen LogP contribution is 2.42. The average molecular weight is 337 g/mol. The highest BCUT2D eigenvalue weighted by molar-refractivity contribution is 5.87.